The molecule has 0 aliphatic rings. The van der Waals surface area contributed by atoms with Gasteiger partial charge in [-0.25, -0.2) is 4.98 Å². The van der Waals surface area contributed by atoms with Crippen LogP contribution in [0, 0.1) is 11.3 Å². The van der Waals surface area contributed by atoms with Gasteiger partial charge in [-0.05, 0) is 6.42 Å². The van der Waals surface area contributed by atoms with Gasteiger partial charge >= 0.3 is 0 Å². The summed E-state index contributed by atoms with van der Waals surface area (Å²) < 4.78 is 0. The molecule has 80 valence electrons. The van der Waals surface area contributed by atoms with Crippen LogP contribution in [-0.4, -0.2) is 15.2 Å². The second-order valence-electron chi connectivity index (χ2n) is 3.39. The van der Waals surface area contributed by atoms with Crippen LogP contribution in [0.1, 0.15) is 37.8 Å². The maximum Gasteiger partial charge on any atom is 0.154 e. The first kappa shape index (κ1) is 11.4. The zero-order chi connectivity index (χ0) is 10.9. The Labute approximate surface area is 90.0 Å². The molecule has 1 aromatic rings. The smallest absolute Gasteiger partial charge is 0.154 e. The van der Waals surface area contributed by atoms with Gasteiger partial charge in [-0.1, -0.05) is 25.8 Å². The van der Waals surface area contributed by atoms with Crippen LogP contribution >= 0.6 is 0 Å². The maximum atomic E-state index is 8.31. The second-order valence-corrected chi connectivity index (χ2v) is 3.39. The van der Waals surface area contributed by atoms with Crippen molar-refractivity contribution >= 4 is 0 Å². The summed E-state index contributed by atoms with van der Waals surface area (Å²) in [5.41, 5.74) is 0. The van der Waals surface area contributed by atoms with Gasteiger partial charge in [-0.2, -0.15) is 10.4 Å². The lowest BCUT2D eigenvalue weighted by molar-refractivity contribution is 0.695. The van der Waals surface area contributed by atoms with Crippen molar-refractivity contribution < 1.29 is 0 Å². The van der Waals surface area contributed by atoms with Crippen molar-refractivity contribution in [2.45, 2.75) is 39.0 Å². The van der Waals surface area contributed by atoms with Crippen molar-refractivity contribution in [2.24, 2.45) is 0 Å². The number of hydrogen-bond acceptors (Lipinski definition) is 3. The average molecular weight is 204 g/mol. The van der Waals surface area contributed by atoms with Gasteiger partial charge in [0.25, 0.3) is 0 Å². The number of hydrogen-bond donors (Lipinski definition) is 1. The second kappa shape index (κ2) is 6.77. The van der Waals surface area contributed by atoms with Crippen LogP contribution in [0.15, 0.2) is 12.2 Å². The maximum absolute atomic E-state index is 8.31. The molecule has 0 aliphatic carbocycles. The molecular weight excluding hydrogens is 188 g/mol. The van der Waals surface area contributed by atoms with Gasteiger partial charge < -0.3 is 0 Å². The fourth-order valence-electron chi connectivity index (χ4n) is 1.30. The van der Waals surface area contributed by atoms with E-state index in [4.69, 9.17) is 5.26 Å². The largest absolute Gasteiger partial charge is 0.263 e. The summed E-state index contributed by atoms with van der Waals surface area (Å²) in [6, 6.07) is 1.94. The molecule has 1 heterocycles. The van der Waals surface area contributed by atoms with Crippen molar-refractivity contribution in [1.29, 1.82) is 5.26 Å². The first-order valence-corrected chi connectivity index (χ1v) is 5.31. The lowest BCUT2D eigenvalue weighted by atomic mass is 10.2. The third-order valence-corrected chi connectivity index (χ3v) is 2.09. The van der Waals surface area contributed by atoms with Crippen molar-refractivity contribution in [3.8, 4) is 6.07 Å². The number of H-pyrrole nitrogens is 1. The molecule has 0 amide bonds. The molecule has 0 saturated carbocycles. The molecule has 0 bridgehead atoms. The standard InChI is InChI=1S/C11H16N4/c1-2-3-4-7-10-13-11(15-14-10)8-5-6-9-12/h5-6H,2-4,7-8H2,1H3,(H,13,14,15). The summed E-state index contributed by atoms with van der Waals surface area (Å²) in [7, 11) is 0. The Morgan fingerprint density at radius 1 is 1.47 bits per heavy atom. The minimum Gasteiger partial charge on any atom is -0.263 e. The van der Waals surface area contributed by atoms with Crippen LogP contribution in [0.25, 0.3) is 0 Å². The molecule has 4 nitrogen and oxygen atoms in total. The summed E-state index contributed by atoms with van der Waals surface area (Å²) >= 11 is 0. The number of aromatic amines is 1. The predicted octanol–water partition coefficient (Wildman–Crippen LogP) is 2.16. The van der Waals surface area contributed by atoms with Gasteiger partial charge in [-0.3, -0.25) is 5.10 Å². The highest BCUT2D eigenvalue weighted by Gasteiger charge is 2.00. The summed E-state index contributed by atoms with van der Waals surface area (Å²) in [6.45, 7) is 2.18. The van der Waals surface area contributed by atoms with Gasteiger partial charge in [0.1, 0.15) is 5.82 Å². The highest BCUT2D eigenvalue weighted by atomic mass is 15.2. The van der Waals surface area contributed by atoms with Crippen LogP contribution in [0.2, 0.25) is 0 Å². The number of aryl methyl sites for hydroxylation is 1. The van der Waals surface area contributed by atoms with E-state index in [-0.39, 0.29) is 0 Å². The van der Waals surface area contributed by atoms with Crippen molar-refractivity contribution in [2.75, 3.05) is 0 Å². The minimum atomic E-state index is 0.623. The molecule has 1 N–H and O–H groups in total. The Hall–Kier alpha value is -1.63. The molecule has 0 saturated heterocycles. The zero-order valence-corrected chi connectivity index (χ0v) is 9.03. The lowest BCUT2D eigenvalue weighted by Crippen LogP contribution is -1.88. The predicted molar refractivity (Wildman–Crippen MR) is 58.1 cm³/mol. The zero-order valence-electron chi connectivity index (χ0n) is 9.03. The van der Waals surface area contributed by atoms with E-state index in [2.05, 4.69) is 22.1 Å². The van der Waals surface area contributed by atoms with Crippen LogP contribution in [-0.2, 0) is 12.8 Å². The van der Waals surface area contributed by atoms with Crippen LogP contribution in [0.3, 0.4) is 0 Å². The van der Waals surface area contributed by atoms with Gasteiger partial charge in [0.05, 0.1) is 6.07 Å². The van der Waals surface area contributed by atoms with Crippen LogP contribution in [0.4, 0.5) is 0 Å². The molecule has 0 aromatic carbocycles. The van der Waals surface area contributed by atoms with Crippen LogP contribution in [0.5, 0.6) is 0 Å². The first-order valence-electron chi connectivity index (χ1n) is 5.31. The quantitative estimate of drug-likeness (QED) is 0.570. The van der Waals surface area contributed by atoms with E-state index in [1.54, 1.807) is 6.08 Å². The van der Waals surface area contributed by atoms with Gasteiger partial charge in [0, 0.05) is 18.9 Å². The van der Waals surface area contributed by atoms with E-state index in [0.29, 0.717) is 6.42 Å². The van der Waals surface area contributed by atoms with Crippen LogP contribution < -0.4 is 0 Å². The van der Waals surface area contributed by atoms with E-state index in [1.165, 1.54) is 18.9 Å². The summed E-state index contributed by atoms with van der Waals surface area (Å²) in [4.78, 5) is 4.33. The number of nitrogens with one attached hydrogen (secondary N) is 1. The molecule has 0 aliphatic heterocycles. The fourth-order valence-corrected chi connectivity index (χ4v) is 1.30. The molecule has 1 aromatic heterocycles. The Morgan fingerprint density at radius 2 is 2.33 bits per heavy atom. The minimum absolute atomic E-state index is 0.623. The molecule has 0 radical (unpaired) electrons. The summed E-state index contributed by atoms with van der Waals surface area (Å²) in [6.07, 6.45) is 8.39. The van der Waals surface area contributed by atoms with Gasteiger partial charge in [-0.15, -0.1) is 0 Å². The Morgan fingerprint density at radius 3 is 3.07 bits per heavy atom. The van der Waals surface area contributed by atoms with E-state index in [9.17, 15) is 0 Å². The third kappa shape index (κ3) is 4.41. The highest BCUT2D eigenvalue weighted by Crippen LogP contribution is 2.02. The molecule has 0 atom stereocenters. The highest BCUT2D eigenvalue weighted by molar-refractivity contribution is 5.06. The average Bonchev–Trinajstić information content (AvgIpc) is 2.67. The Kier molecular flexibility index (Phi) is 5.16. The number of allylic oxidation sites excluding steroid dienone is 2. The molecular formula is C11H16N4. The molecule has 0 spiro atoms. The number of nitriles is 1. The normalized spacial score (nSPS) is 10.7. The van der Waals surface area contributed by atoms with E-state index >= 15 is 0 Å². The number of unbranched alkanes of at least 4 members (excludes halogenated alkanes) is 2. The number of aromatic nitrogens is 3. The molecule has 1 rings (SSSR count). The number of rotatable bonds is 6. The lowest BCUT2D eigenvalue weighted by Gasteiger charge is -1.92. The monoisotopic (exact) mass is 204 g/mol. The van der Waals surface area contributed by atoms with Crippen molar-refractivity contribution in [1.82, 2.24) is 15.2 Å². The molecule has 0 unspecified atom stereocenters. The molecule has 0 fully saturated rings. The molecule has 15 heavy (non-hydrogen) atoms. The van der Waals surface area contributed by atoms with Gasteiger partial charge in [0.15, 0.2) is 5.82 Å². The number of nitrogens with zero attached hydrogens (tertiary/aromatic N) is 3. The van der Waals surface area contributed by atoms with Crippen molar-refractivity contribution in [3.63, 3.8) is 0 Å². The Bertz CT molecular complexity index is 346. The van der Waals surface area contributed by atoms with E-state index in [0.717, 1.165) is 24.5 Å². The van der Waals surface area contributed by atoms with E-state index < -0.39 is 0 Å². The van der Waals surface area contributed by atoms with E-state index in [1.807, 2.05) is 6.07 Å². The Balaban J connectivity index is 2.36. The topological polar surface area (TPSA) is 65.4 Å². The third-order valence-electron chi connectivity index (χ3n) is 2.09. The summed E-state index contributed by atoms with van der Waals surface area (Å²) in [5, 5.41) is 15.3. The molecule has 4 heteroatoms. The SMILES string of the molecule is CCCCCc1nc(CC=CC#N)n[nH]1. The first-order chi connectivity index (χ1) is 7.36. The van der Waals surface area contributed by atoms with Crippen molar-refractivity contribution in [3.05, 3.63) is 23.8 Å². The van der Waals surface area contributed by atoms with Gasteiger partial charge in [0.2, 0.25) is 0 Å². The fraction of sp³-hybridized carbons (Fsp3) is 0.545. The summed E-state index contributed by atoms with van der Waals surface area (Å²) in [5.74, 6) is 1.71.